The van der Waals surface area contributed by atoms with Crippen LogP contribution in [0.2, 0.25) is 5.02 Å². The molecule has 0 aliphatic heterocycles. The van der Waals surface area contributed by atoms with E-state index in [2.05, 4.69) is 15.0 Å². The van der Waals surface area contributed by atoms with Gasteiger partial charge in [-0.1, -0.05) is 29.3 Å². The Balaban J connectivity index is 1.89. The van der Waals surface area contributed by atoms with Crippen LogP contribution in [0.1, 0.15) is 31.0 Å². The lowest BCUT2D eigenvalue weighted by molar-refractivity contribution is -0.157. The van der Waals surface area contributed by atoms with Gasteiger partial charge in [0.1, 0.15) is 0 Å². The van der Waals surface area contributed by atoms with Crippen LogP contribution in [-0.4, -0.2) is 52.5 Å². The lowest BCUT2D eigenvalue weighted by atomic mass is 10.1. The number of hydrogen-bond donors (Lipinski definition) is 0. The highest BCUT2D eigenvalue weighted by Gasteiger charge is 2.34. The van der Waals surface area contributed by atoms with E-state index in [1.54, 1.807) is 32.0 Å². The van der Waals surface area contributed by atoms with E-state index in [0.29, 0.717) is 10.9 Å². The summed E-state index contributed by atoms with van der Waals surface area (Å²) in [6.45, 7) is 5.19. The van der Waals surface area contributed by atoms with Gasteiger partial charge in [0.05, 0.1) is 40.7 Å². The van der Waals surface area contributed by atoms with Crippen LogP contribution >= 0.6 is 11.6 Å². The van der Waals surface area contributed by atoms with E-state index in [1.165, 1.54) is 36.9 Å². The van der Waals surface area contributed by atoms with Gasteiger partial charge in [0, 0.05) is 29.5 Å². The van der Waals surface area contributed by atoms with E-state index in [0.717, 1.165) is 9.54 Å². The summed E-state index contributed by atoms with van der Waals surface area (Å²) in [6.07, 6.45) is 5.35. The third-order valence-electron chi connectivity index (χ3n) is 5.43. The van der Waals surface area contributed by atoms with Crippen LogP contribution in [0.25, 0.3) is 22.3 Å². The second-order valence-corrected chi connectivity index (χ2v) is 10.2. The van der Waals surface area contributed by atoms with Gasteiger partial charge in [-0.25, -0.2) is 22.4 Å². The normalized spacial score (nSPS) is 11.6. The zero-order chi connectivity index (χ0) is 26.7. The SMILES string of the molecule is CCOC(=O)C(C(=O)OCC)c1cncc(-c2cn(S(=O)(=O)c3ccc(C)cc3)c3ncc(Cl)cc23)n1. The summed E-state index contributed by atoms with van der Waals surface area (Å²) in [6, 6.07) is 7.97. The van der Waals surface area contributed by atoms with Crippen LogP contribution in [0.15, 0.2) is 60.0 Å². The third kappa shape index (κ3) is 5.18. The number of ether oxygens (including phenoxy) is 2. The number of aromatic nitrogens is 4. The maximum Gasteiger partial charge on any atom is 0.326 e. The molecule has 0 saturated carbocycles. The summed E-state index contributed by atoms with van der Waals surface area (Å²) in [5.41, 5.74) is 1.56. The van der Waals surface area contributed by atoms with E-state index in [9.17, 15) is 18.0 Å². The summed E-state index contributed by atoms with van der Waals surface area (Å²) in [5, 5.41) is 0.665. The maximum atomic E-state index is 13.5. The van der Waals surface area contributed by atoms with Gasteiger partial charge < -0.3 is 9.47 Å². The molecule has 4 rings (SSSR count). The summed E-state index contributed by atoms with van der Waals surface area (Å²) in [4.78, 5) is 38.1. The van der Waals surface area contributed by atoms with Crippen LogP contribution in [0.3, 0.4) is 0 Å². The molecule has 0 radical (unpaired) electrons. The lowest BCUT2D eigenvalue weighted by Crippen LogP contribution is -2.27. The molecular formula is C25H23ClN4O6S. The van der Waals surface area contributed by atoms with Crippen molar-refractivity contribution < 1.29 is 27.5 Å². The predicted octanol–water partition coefficient (Wildman–Crippen LogP) is 3.90. The quantitative estimate of drug-likeness (QED) is 0.240. The number of hydrogen-bond acceptors (Lipinski definition) is 9. The van der Waals surface area contributed by atoms with E-state index >= 15 is 0 Å². The van der Waals surface area contributed by atoms with Gasteiger partial charge in [0.15, 0.2) is 11.6 Å². The average Bonchev–Trinajstić information content (AvgIpc) is 3.24. The number of pyridine rings is 1. The summed E-state index contributed by atoms with van der Waals surface area (Å²) < 4.78 is 38.2. The van der Waals surface area contributed by atoms with Crippen molar-refractivity contribution in [3.05, 3.63) is 71.4 Å². The molecule has 37 heavy (non-hydrogen) atoms. The molecule has 0 fully saturated rings. The number of esters is 2. The second-order valence-electron chi connectivity index (χ2n) is 7.95. The van der Waals surface area contributed by atoms with Crippen molar-refractivity contribution in [2.24, 2.45) is 0 Å². The zero-order valence-electron chi connectivity index (χ0n) is 20.2. The van der Waals surface area contributed by atoms with Crippen molar-refractivity contribution in [2.45, 2.75) is 31.6 Å². The van der Waals surface area contributed by atoms with Crippen molar-refractivity contribution in [3.8, 4) is 11.3 Å². The molecule has 0 aliphatic carbocycles. The fourth-order valence-corrected chi connectivity index (χ4v) is 5.19. The Morgan fingerprint density at radius 1 is 1.03 bits per heavy atom. The molecule has 192 valence electrons. The number of carbonyl (C=O) groups excluding carboxylic acids is 2. The average molecular weight is 543 g/mol. The van der Waals surface area contributed by atoms with Crippen molar-refractivity contribution in [1.82, 2.24) is 18.9 Å². The van der Waals surface area contributed by atoms with Gasteiger partial charge in [-0.3, -0.25) is 14.6 Å². The minimum absolute atomic E-state index is 0.00770. The molecule has 3 aromatic heterocycles. The predicted molar refractivity (Wildman–Crippen MR) is 136 cm³/mol. The van der Waals surface area contributed by atoms with E-state index < -0.39 is 27.9 Å². The Labute approximate surface area is 218 Å². The molecule has 0 aliphatic rings. The zero-order valence-corrected chi connectivity index (χ0v) is 21.8. The molecule has 0 spiro atoms. The van der Waals surface area contributed by atoms with E-state index in [4.69, 9.17) is 21.1 Å². The molecule has 1 aromatic carbocycles. The smallest absolute Gasteiger partial charge is 0.326 e. The van der Waals surface area contributed by atoms with Crippen molar-refractivity contribution in [3.63, 3.8) is 0 Å². The Hall–Kier alpha value is -3.83. The molecule has 3 heterocycles. The Kier molecular flexibility index (Phi) is 7.55. The van der Waals surface area contributed by atoms with Gasteiger partial charge in [-0.15, -0.1) is 0 Å². The summed E-state index contributed by atoms with van der Waals surface area (Å²) >= 11 is 6.19. The summed E-state index contributed by atoms with van der Waals surface area (Å²) in [5.74, 6) is -3.12. The molecule has 0 saturated heterocycles. The number of halogens is 1. The second kappa shape index (κ2) is 10.7. The Morgan fingerprint density at radius 2 is 1.68 bits per heavy atom. The van der Waals surface area contributed by atoms with Crippen molar-refractivity contribution in [2.75, 3.05) is 13.2 Å². The van der Waals surface area contributed by atoms with Gasteiger partial charge in [0.25, 0.3) is 10.0 Å². The highest BCUT2D eigenvalue weighted by molar-refractivity contribution is 7.90. The number of benzene rings is 1. The first-order valence-corrected chi connectivity index (χ1v) is 13.1. The minimum Gasteiger partial charge on any atom is -0.465 e. The van der Waals surface area contributed by atoms with Crippen LogP contribution in [0.5, 0.6) is 0 Å². The Morgan fingerprint density at radius 3 is 2.30 bits per heavy atom. The van der Waals surface area contributed by atoms with Gasteiger partial charge in [0.2, 0.25) is 0 Å². The molecule has 12 heteroatoms. The molecule has 0 atom stereocenters. The van der Waals surface area contributed by atoms with Crippen LogP contribution in [0, 0.1) is 6.92 Å². The first-order valence-electron chi connectivity index (χ1n) is 11.3. The first kappa shape index (κ1) is 26.2. The molecule has 0 unspecified atom stereocenters. The van der Waals surface area contributed by atoms with Gasteiger partial charge >= 0.3 is 11.9 Å². The minimum atomic E-state index is -4.04. The van der Waals surface area contributed by atoms with Crippen LogP contribution in [-0.2, 0) is 29.1 Å². The molecule has 10 nitrogen and oxygen atoms in total. The van der Waals surface area contributed by atoms with Gasteiger partial charge in [-0.05, 0) is 39.0 Å². The number of rotatable bonds is 8. The van der Waals surface area contributed by atoms with Gasteiger partial charge in [-0.2, -0.15) is 0 Å². The standard InChI is InChI=1S/C25H23ClN4O6S/c1-4-35-24(31)22(25(32)36-5-2)21-13-27-12-20(29-21)19-14-30(23-18(19)10-16(26)11-28-23)37(33,34)17-8-6-15(3)7-9-17/h6-14,22H,4-5H2,1-3H3. The van der Waals surface area contributed by atoms with Crippen LogP contribution in [0.4, 0.5) is 0 Å². The fraction of sp³-hybridized carbons (Fsp3) is 0.240. The molecular weight excluding hydrogens is 520 g/mol. The molecule has 4 aromatic rings. The summed E-state index contributed by atoms with van der Waals surface area (Å²) in [7, 11) is -4.04. The highest BCUT2D eigenvalue weighted by Crippen LogP contribution is 2.33. The number of nitrogens with zero attached hydrogens (tertiary/aromatic N) is 4. The molecule has 0 N–H and O–H groups in total. The van der Waals surface area contributed by atoms with Crippen molar-refractivity contribution >= 4 is 44.6 Å². The van der Waals surface area contributed by atoms with Crippen LogP contribution < -0.4 is 0 Å². The van der Waals surface area contributed by atoms with Crippen molar-refractivity contribution in [1.29, 1.82) is 0 Å². The van der Waals surface area contributed by atoms with E-state index in [-0.39, 0.29) is 40.2 Å². The maximum absolute atomic E-state index is 13.5. The monoisotopic (exact) mass is 542 g/mol. The number of carbonyl (C=O) groups is 2. The Bertz CT molecular complexity index is 1570. The highest BCUT2D eigenvalue weighted by atomic mass is 35.5. The number of fused-ring (bicyclic) bond motifs is 1. The van der Waals surface area contributed by atoms with E-state index in [1.807, 2.05) is 6.92 Å². The topological polar surface area (TPSA) is 130 Å². The fourth-order valence-electron chi connectivity index (χ4n) is 3.70. The largest absolute Gasteiger partial charge is 0.465 e. The molecule has 0 amide bonds. The number of aryl methyl sites for hydroxylation is 1. The first-order chi connectivity index (χ1) is 17.7. The lowest BCUT2D eigenvalue weighted by Gasteiger charge is -2.14. The molecule has 0 bridgehead atoms. The third-order valence-corrected chi connectivity index (χ3v) is 7.30.